The minimum atomic E-state index is -0.710. The van der Waals surface area contributed by atoms with Gasteiger partial charge in [-0.3, -0.25) is 0 Å². The SMILES string of the molecule is C=C(C)C(=O)OC(=O)C(=C)C.C=C(C)C(=O)OC1COCCCO1. The van der Waals surface area contributed by atoms with Gasteiger partial charge in [0.1, 0.15) is 6.61 Å². The summed E-state index contributed by atoms with van der Waals surface area (Å²) in [6.45, 7) is 16.1. The highest BCUT2D eigenvalue weighted by Gasteiger charge is 2.17. The predicted molar refractivity (Wildman–Crippen MR) is 86.8 cm³/mol. The van der Waals surface area contributed by atoms with Gasteiger partial charge in [0, 0.05) is 23.3 Å². The number of hydrogen-bond donors (Lipinski definition) is 0. The average Bonchev–Trinajstić information content (AvgIpc) is 2.76. The van der Waals surface area contributed by atoms with Crippen LogP contribution in [0.3, 0.4) is 0 Å². The molecule has 1 fully saturated rings. The second-order valence-electron chi connectivity index (χ2n) is 5.15. The smallest absolute Gasteiger partial charge is 0.340 e. The number of esters is 3. The predicted octanol–water partition coefficient (Wildman–Crippen LogP) is 2.08. The van der Waals surface area contributed by atoms with Crippen LogP contribution in [0.15, 0.2) is 36.5 Å². The topological polar surface area (TPSA) is 88.1 Å². The van der Waals surface area contributed by atoms with Gasteiger partial charge in [0.15, 0.2) is 0 Å². The molecule has 7 nitrogen and oxygen atoms in total. The van der Waals surface area contributed by atoms with Crippen molar-refractivity contribution in [2.45, 2.75) is 33.5 Å². The summed E-state index contributed by atoms with van der Waals surface area (Å²) in [5.41, 5.74) is 0.757. The van der Waals surface area contributed by atoms with E-state index < -0.39 is 24.2 Å². The zero-order valence-corrected chi connectivity index (χ0v) is 14.4. The van der Waals surface area contributed by atoms with Crippen molar-refractivity contribution in [3.05, 3.63) is 36.5 Å². The van der Waals surface area contributed by atoms with Crippen molar-refractivity contribution in [1.29, 1.82) is 0 Å². The van der Waals surface area contributed by atoms with Gasteiger partial charge in [-0.2, -0.15) is 0 Å². The maximum absolute atomic E-state index is 11.1. The third-order valence-corrected chi connectivity index (χ3v) is 2.46. The van der Waals surface area contributed by atoms with Crippen LogP contribution in [0.4, 0.5) is 0 Å². The largest absolute Gasteiger partial charge is 0.430 e. The first-order chi connectivity index (χ1) is 11.1. The Morgan fingerprint density at radius 3 is 1.83 bits per heavy atom. The van der Waals surface area contributed by atoms with Crippen molar-refractivity contribution in [3.8, 4) is 0 Å². The third-order valence-electron chi connectivity index (χ3n) is 2.46. The Morgan fingerprint density at radius 1 is 0.875 bits per heavy atom. The first-order valence-corrected chi connectivity index (χ1v) is 7.28. The Labute approximate surface area is 141 Å². The monoisotopic (exact) mass is 340 g/mol. The fraction of sp³-hybridized carbons (Fsp3) is 0.471. The van der Waals surface area contributed by atoms with Crippen molar-refractivity contribution in [1.82, 2.24) is 0 Å². The fourth-order valence-corrected chi connectivity index (χ4v) is 1.15. The van der Waals surface area contributed by atoms with Crippen LogP contribution in [0.5, 0.6) is 0 Å². The van der Waals surface area contributed by atoms with E-state index in [9.17, 15) is 14.4 Å². The number of carbonyl (C=O) groups is 3. The van der Waals surface area contributed by atoms with Crippen LogP contribution in [-0.4, -0.2) is 44.0 Å². The van der Waals surface area contributed by atoms with E-state index in [4.69, 9.17) is 14.2 Å². The van der Waals surface area contributed by atoms with Crippen LogP contribution in [0.1, 0.15) is 27.2 Å². The molecule has 0 aromatic carbocycles. The quantitative estimate of drug-likeness (QED) is 0.440. The van der Waals surface area contributed by atoms with Crippen LogP contribution in [-0.2, 0) is 33.3 Å². The first kappa shape index (κ1) is 21.8. The fourth-order valence-electron chi connectivity index (χ4n) is 1.15. The van der Waals surface area contributed by atoms with E-state index in [1.54, 1.807) is 6.92 Å². The molecule has 0 aliphatic carbocycles. The summed E-state index contributed by atoms with van der Waals surface area (Å²) in [6.07, 6.45) is 0.257. The molecule has 0 saturated carbocycles. The van der Waals surface area contributed by atoms with Gasteiger partial charge in [0.2, 0.25) is 6.29 Å². The molecular formula is C17H24O7. The van der Waals surface area contributed by atoms with Gasteiger partial charge >= 0.3 is 17.9 Å². The Morgan fingerprint density at radius 2 is 1.38 bits per heavy atom. The van der Waals surface area contributed by atoms with Gasteiger partial charge in [-0.25, -0.2) is 14.4 Å². The summed E-state index contributed by atoms with van der Waals surface area (Å²) in [6, 6.07) is 0. The van der Waals surface area contributed by atoms with Gasteiger partial charge in [0.05, 0.1) is 6.61 Å². The van der Waals surface area contributed by atoms with E-state index in [0.717, 1.165) is 6.42 Å². The molecule has 0 aromatic heterocycles. The van der Waals surface area contributed by atoms with Crippen molar-refractivity contribution in [3.63, 3.8) is 0 Å². The molecule has 7 heteroatoms. The summed E-state index contributed by atoms with van der Waals surface area (Å²) in [5.74, 6) is -1.86. The van der Waals surface area contributed by atoms with Crippen molar-refractivity contribution >= 4 is 17.9 Å². The number of ether oxygens (including phenoxy) is 4. The lowest BCUT2D eigenvalue weighted by molar-refractivity contribution is -0.179. The molecule has 0 N–H and O–H groups in total. The standard InChI is InChI=1S/C9H14O4.C8H10O3/c1-7(2)9(10)13-8-6-11-4-3-5-12-8;1-5(2)7(9)11-8(10)6(3)4/h8H,1,3-6H2,2H3;1,3H2,2,4H3. The molecule has 0 aromatic rings. The number of rotatable bonds is 4. The Kier molecular flexibility index (Phi) is 10.3. The van der Waals surface area contributed by atoms with E-state index in [2.05, 4.69) is 24.5 Å². The number of carbonyl (C=O) groups excluding carboxylic acids is 3. The van der Waals surface area contributed by atoms with E-state index in [1.807, 2.05) is 0 Å². The van der Waals surface area contributed by atoms with Gasteiger partial charge in [-0.1, -0.05) is 19.7 Å². The van der Waals surface area contributed by atoms with E-state index >= 15 is 0 Å². The zero-order valence-electron chi connectivity index (χ0n) is 14.4. The Hall–Kier alpha value is -2.25. The van der Waals surface area contributed by atoms with Crippen molar-refractivity contribution < 1.29 is 33.3 Å². The molecule has 1 aliphatic rings. The lowest BCUT2D eigenvalue weighted by Crippen LogP contribution is -2.25. The molecule has 0 spiro atoms. The van der Waals surface area contributed by atoms with E-state index in [-0.39, 0.29) is 11.1 Å². The highest BCUT2D eigenvalue weighted by molar-refractivity contribution is 6.00. The summed E-state index contributed by atoms with van der Waals surface area (Å²) in [5, 5.41) is 0. The second kappa shape index (κ2) is 11.3. The molecule has 0 amide bonds. The van der Waals surface area contributed by atoms with E-state index in [0.29, 0.717) is 25.4 Å². The van der Waals surface area contributed by atoms with Gasteiger partial charge in [0.25, 0.3) is 0 Å². The molecule has 1 heterocycles. The molecular weight excluding hydrogens is 316 g/mol. The highest BCUT2D eigenvalue weighted by Crippen LogP contribution is 2.05. The molecule has 1 unspecified atom stereocenters. The normalized spacial score (nSPS) is 16.5. The molecule has 134 valence electrons. The molecule has 0 bridgehead atoms. The molecule has 24 heavy (non-hydrogen) atoms. The minimum Gasteiger partial charge on any atom is -0.430 e. The minimum absolute atomic E-state index is 0.194. The van der Waals surface area contributed by atoms with E-state index in [1.165, 1.54) is 13.8 Å². The molecule has 1 rings (SSSR count). The summed E-state index contributed by atoms with van der Waals surface area (Å²) in [7, 11) is 0. The third kappa shape index (κ3) is 9.70. The van der Waals surface area contributed by atoms with Gasteiger partial charge < -0.3 is 18.9 Å². The summed E-state index contributed by atoms with van der Waals surface area (Å²) < 4.78 is 19.6. The highest BCUT2D eigenvalue weighted by atomic mass is 16.7. The van der Waals surface area contributed by atoms with Crippen molar-refractivity contribution in [2.75, 3.05) is 19.8 Å². The second-order valence-corrected chi connectivity index (χ2v) is 5.15. The average molecular weight is 340 g/mol. The molecule has 1 aliphatic heterocycles. The maximum Gasteiger partial charge on any atom is 0.340 e. The maximum atomic E-state index is 11.1. The first-order valence-electron chi connectivity index (χ1n) is 7.28. The number of hydrogen-bond acceptors (Lipinski definition) is 7. The zero-order chi connectivity index (χ0) is 18.7. The van der Waals surface area contributed by atoms with Crippen LogP contribution in [0.25, 0.3) is 0 Å². The molecule has 1 atom stereocenters. The van der Waals surface area contributed by atoms with Crippen LogP contribution >= 0.6 is 0 Å². The lowest BCUT2D eigenvalue weighted by atomic mass is 10.3. The summed E-state index contributed by atoms with van der Waals surface area (Å²) >= 11 is 0. The Balaban J connectivity index is 0.000000449. The van der Waals surface area contributed by atoms with Crippen LogP contribution in [0, 0.1) is 0 Å². The van der Waals surface area contributed by atoms with Crippen LogP contribution in [0.2, 0.25) is 0 Å². The lowest BCUT2D eigenvalue weighted by Gasteiger charge is -2.14. The van der Waals surface area contributed by atoms with Gasteiger partial charge in [-0.15, -0.1) is 0 Å². The summed E-state index contributed by atoms with van der Waals surface area (Å²) in [4.78, 5) is 32.4. The Bertz CT molecular complexity index is 487. The van der Waals surface area contributed by atoms with Crippen molar-refractivity contribution in [2.24, 2.45) is 0 Å². The molecule has 0 radical (unpaired) electrons. The molecule has 1 saturated heterocycles. The van der Waals surface area contributed by atoms with Crippen LogP contribution < -0.4 is 0 Å². The van der Waals surface area contributed by atoms with Gasteiger partial charge in [-0.05, 0) is 27.2 Å².